The molecule has 0 radical (unpaired) electrons. The Kier molecular flexibility index (Phi) is 5.42. The zero-order chi connectivity index (χ0) is 22.1. The molecule has 11 heteroatoms. The number of hydrogen-bond acceptors (Lipinski definition) is 7. The molecule has 1 N–H and O–H groups in total. The first kappa shape index (κ1) is 20.5. The fourth-order valence-electron chi connectivity index (χ4n) is 3.44. The lowest BCUT2D eigenvalue weighted by Gasteiger charge is -2.16. The molecule has 2 aromatic carbocycles. The van der Waals surface area contributed by atoms with Gasteiger partial charge in [-0.05, 0) is 37.3 Å². The van der Waals surface area contributed by atoms with Crippen molar-refractivity contribution in [2.75, 3.05) is 16.8 Å². The number of halogens is 1. The number of para-hydroxylation sites is 1. The molecule has 2 heterocycles. The first-order chi connectivity index (χ1) is 14.8. The van der Waals surface area contributed by atoms with Crippen LogP contribution in [0.5, 0.6) is 0 Å². The third-order valence-corrected chi connectivity index (χ3v) is 5.94. The van der Waals surface area contributed by atoms with E-state index in [1.807, 2.05) is 0 Å². The van der Waals surface area contributed by atoms with Gasteiger partial charge in [0.15, 0.2) is 0 Å². The van der Waals surface area contributed by atoms with Crippen molar-refractivity contribution in [3.05, 3.63) is 74.5 Å². The highest BCUT2D eigenvalue weighted by Crippen LogP contribution is 2.34. The molecule has 1 aliphatic rings. The quantitative estimate of drug-likeness (QED) is 0.477. The lowest BCUT2D eigenvalue weighted by Crippen LogP contribution is -2.24. The van der Waals surface area contributed by atoms with E-state index in [0.29, 0.717) is 22.8 Å². The molecule has 1 atom stereocenters. The number of nitrogens with one attached hydrogen (secondary N) is 1. The third kappa shape index (κ3) is 4.12. The number of carbonyl (C=O) groups is 2. The molecule has 0 spiro atoms. The Labute approximate surface area is 179 Å². The normalized spacial score (nSPS) is 15.9. The first-order valence-corrected chi connectivity index (χ1v) is 10.1. The van der Waals surface area contributed by atoms with Crippen molar-refractivity contribution in [1.29, 1.82) is 0 Å². The molecule has 9 nitrogen and oxygen atoms in total. The molecule has 2 amide bonds. The Balaban J connectivity index is 1.49. The lowest BCUT2D eigenvalue weighted by molar-refractivity contribution is -0.385. The molecule has 1 fully saturated rings. The monoisotopic (exact) mass is 441 g/mol. The predicted molar refractivity (Wildman–Crippen MR) is 112 cm³/mol. The van der Waals surface area contributed by atoms with Crippen LogP contribution in [0.4, 0.5) is 20.9 Å². The number of anilines is 2. The number of nitro groups is 1. The molecule has 0 aliphatic carbocycles. The standard InChI is InChI=1S/C20H16FN5O4S/c1-11-3-2-4-15(17(11)26(29)30)18(28)22-20-24-23-19(31-20)12-9-16(27)25(10-12)14-7-5-13(21)6-8-14/h2-8,12H,9-10H2,1H3,(H,22,24,28). The van der Waals surface area contributed by atoms with Crippen molar-refractivity contribution < 1.29 is 18.9 Å². The van der Waals surface area contributed by atoms with Gasteiger partial charge in [0.25, 0.3) is 11.6 Å². The van der Waals surface area contributed by atoms with E-state index >= 15 is 0 Å². The summed E-state index contributed by atoms with van der Waals surface area (Å²) in [6.45, 7) is 1.92. The molecule has 0 bridgehead atoms. The maximum absolute atomic E-state index is 13.1. The van der Waals surface area contributed by atoms with Crippen LogP contribution in [0.15, 0.2) is 42.5 Å². The number of aryl methyl sites for hydroxylation is 1. The van der Waals surface area contributed by atoms with Crippen LogP contribution in [-0.2, 0) is 4.79 Å². The molecular formula is C20H16FN5O4S. The zero-order valence-corrected chi connectivity index (χ0v) is 17.1. The topological polar surface area (TPSA) is 118 Å². The van der Waals surface area contributed by atoms with Gasteiger partial charge < -0.3 is 4.90 Å². The van der Waals surface area contributed by atoms with Crippen LogP contribution in [0.1, 0.15) is 33.3 Å². The Hall–Kier alpha value is -3.73. The smallest absolute Gasteiger partial charge is 0.285 e. The molecule has 1 aliphatic heterocycles. The van der Waals surface area contributed by atoms with E-state index in [1.54, 1.807) is 24.0 Å². The summed E-state index contributed by atoms with van der Waals surface area (Å²) in [5.74, 6) is -1.39. The first-order valence-electron chi connectivity index (χ1n) is 9.28. The molecule has 4 rings (SSSR count). The molecule has 1 aromatic heterocycles. The Morgan fingerprint density at radius 3 is 2.71 bits per heavy atom. The average Bonchev–Trinajstić information content (AvgIpc) is 3.34. The molecule has 0 saturated carbocycles. The van der Waals surface area contributed by atoms with Gasteiger partial charge in [0.05, 0.1) is 4.92 Å². The van der Waals surface area contributed by atoms with E-state index in [1.165, 1.54) is 30.3 Å². The van der Waals surface area contributed by atoms with Crippen LogP contribution in [0, 0.1) is 22.9 Å². The second-order valence-electron chi connectivity index (χ2n) is 7.01. The van der Waals surface area contributed by atoms with Gasteiger partial charge in [-0.2, -0.15) is 0 Å². The largest absolute Gasteiger partial charge is 0.312 e. The number of rotatable bonds is 5. The second-order valence-corrected chi connectivity index (χ2v) is 8.02. The van der Waals surface area contributed by atoms with Crippen LogP contribution >= 0.6 is 11.3 Å². The molecule has 1 unspecified atom stereocenters. The summed E-state index contributed by atoms with van der Waals surface area (Å²) in [5, 5.41) is 22.6. The molecule has 158 valence electrons. The summed E-state index contributed by atoms with van der Waals surface area (Å²) in [7, 11) is 0. The van der Waals surface area contributed by atoms with Gasteiger partial charge in [0.2, 0.25) is 11.0 Å². The summed E-state index contributed by atoms with van der Waals surface area (Å²) in [6, 6.07) is 10.2. The average molecular weight is 441 g/mol. The van der Waals surface area contributed by atoms with Gasteiger partial charge in [0, 0.05) is 30.1 Å². The lowest BCUT2D eigenvalue weighted by atomic mass is 10.1. The molecule has 1 saturated heterocycles. The zero-order valence-electron chi connectivity index (χ0n) is 16.2. The van der Waals surface area contributed by atoms with Crippen molar-refractivity contribution in [2.24, 2.45) is 0 Å². The van der Waals surface area contributed by atoms with Crippen LogP contribution in [0.3, 0.4) is 0 Å². The molecule has 31 heavy (non-hydrogen) atoms. The van der Waals surface area contributed by atoms with Gasteiger partial charge in [-0.15, -0.1) is 10.2 Å². The Morgan fingerprint density at radius 1 is 1.26 bits per heavy atom. The summed E-state index contributed by atoms with van der Waals surface area (Å²) >= 11 is 1.11. The summed E-state index contributed by atoms with van der Waals surface area (Å²) in [5.41, 5.74) is 0.640. The summed E-state index contributed by atoms with van der Waals surface area (Å²) < 4.78 is 13.1. The minimum atomic E-state index is -0.659. The number of amides is 2. The van der Waals surface area contributed by atoms with E-state index in [2.05, 4.69) is 15.5 Å². The van der Waals surface area contributed by atoms with Crippen molar-refractivity contribution in [1.82, 2.24) is 10.2 Å². The van der Waals surface area contributed by atoms with E-state index < -0.39 is 10.8 Å². The van der Waals surface area contributed by atoms with Crippen molar-refractivity contribution in [2.45, 2.75) is 19.3 Å². The van der Waals surface area contributed by atoms with Crippen LogP contribution in [0.25, 0.3) is 0 Å². The third-order valence-electron chi connectivity index (χ3n) is 4.94. The highest BCUT2D eigenvalue weighted by atomic mass is 32.1. The van der Waals surface area contributed by atoms with Gasteiger partial charge in [-0.1, -0.05) is 23.5 Å². The van der Waals surface area contributed by atoms with Crippen LogP contribution in [0.2, 0.25) is 0 Å². The predicted octanol–water partition coefficient (Wildman–Crippen LogP) is 3.67. The van der Waals surface area contributed by atoms with E-state index in [0.717, 1.165) is 11.3 Å². The van der Waals surface area contributed by atoms with Gasteiger partial charge in [-0.25, -0.2) is 4.39 Å². The van der Waals surface area contributed by atoms with Gasteiger partial charge in [0.1, 0.15) is 16.4 Å². The van der Waals surface area contributed by atoms with Crippen LogP contribution < -0.4 is 10.2 Å². The maximum atomic E-state index is 13.1. The number of aromatic nitrogens is 2. The summed E-state index contributed by atoms with van der Waals surface area (Å²) in [6.07, 6.45) is 0.212. The number of carbonyl (C=O) groups excluding carboxylic acids is 2. The maximum Gasteiger partial charge on any atom is 0.285 e. The van der Waals surface area contributed by atoms with Crippen molar-refractivity contribution in [3.8, 4) is 0 Å². The Bertz CT molecular complexity index is 1180. The van der Waals surface area contributed by atoms with Crippen molar-refractivity contribution in [3.63, 3.8) is 0 Å². The number of benzene rings is 2. The fourth-order valence-corrected chi connectivity index (χ4v) is 4.27. The highest BCUT2D eigenvalue weighted by Gasteiger charge is 2.34. The van der Waals surface area contributed by atoms with Gasteiger partial charge in [-0.3, -0.25) is 25.0 Å². The van der Waals surface area contributed by atoms with E-state index in [9.17, 15) is 24.1 Å². The summed E-state index contributed by atoms with van der Waals surface area (Å²) in [4.78, 5) is 37.2. The van der Waals surface area contributed by atoms with Crippen LogP contribution in [-0.4, -0.2) is 33.5 Å². The fraction of sp³-hybridized carbons (Fsp3) is 0.200. The SMILES string of the molecule is Cc1cccc(C(=O)Nc2nnc(C3CC(=O)N(c4ccc(F)cc4)C3)s2)c1[N+](=O)[O-]. The number of nitro benzene ring substituents is 1. The number of nitrogens with zero attached hydrogens (tertiary/aromatic N) is 4. The highest BCUT2D eigenvalue weighted by molar-refractivity contribution is 7.15. The second kappa shape index (κ2) is 8.19. The number of hydrogen-bond donors (Lipinski definition) is 1. The molecular weight excluding hydrogens is 425 g/mol. The Morgan fingerprint density at radius 2 is 2.00 bits per heavy atom. The minimum Gasteiger partial charge on any atom is -0.312 e. The van der Waals surface area contributed by atoms with E-state index in [4.69, 9.17) is 0 Å². The van der Waals surface area contributed by atoms with Gasteiger partial charge >= 0.3 is 0 Å². The minimum absolute atomic E-state index is 0.0692. The van der Waals surface area contributed by atoms with Crippen molar-refractivity contribution >= 4 is 39.7 Å². The molecule has 3 aromatic rings. The van der Waals surface area contributed by atoms with E-state index in [-0.39, 0.29) is 40.4 Å².